The van der Waals surface area contributed by atoms with E-state index >= 15 is 0 Å². The predicted octanol–water partition coefficient (Wildman–Crippen LogP) is 2.00. The number of ether oxygens (including phenoxy) is 1. The summed E-state index contributed by atoms with van der Waals surface area (Å²) in [4.78, 5) is 25.2. The highest BCUT2D eigenvalue weighted by molar-refractivity contribution is 6.29. The Labute approximate surface area is 186 Å². The van der Waals surface area contributed by atoms with Gasteiger partial charge >= 0.3 is 6.03 Å². The Kier molecular flexibility index (Phi) is 7.11. The van der Waals surface area contributed by atoms with Crippen molar-refractivity contribution in [3.63, 3.8) is 0 Å². The molecule has 164 valence electrons. The zero-order chi connectivity index (χ0) is 21.6. The van der Waals surface area contributed by atoms with Crippen molar-refractivity contribution in [1.82, 2.24) is 19.8 Å². The molecule has 0 atom stereocenters. The Morgan fingerprint density at radius 2 is 1.94 bits per heavy atom. The third-order valence-corrected chi connectivity index (χ3v) is 6.14. The number of allylic oxidation sites excluding steroid dienone is 1. The lowest BCUT2D eigenvalue weighted by molar-refractivity contribution is -0.594. The van der Waals surface area contributed by atoms with Crippen LogP contribution in [0.1, 0.15) is 18.4 Å². The van der Waals surface area contributed by atoms with Crippen LogP contribution in [0.5, 0.6) is 0 Å². The number of hydrogen-bond donors (Lipinski definition) is 2. The van der Waals surface area contributed by atoms with Gasteiger partial charge in [-0.2, -0.15) is 0 Å². The molecule has 31 heavy (non-hydrogen) atoms. The Bertz CT molecular complexity index is 968. The van der Waals surface area contributed by atoms with Crippen LogP contribution in [0.25, 0.3) is 16.6 Å². The first-order valence-electron chi connectivity index (χ1n) is 10.7. The van der Waals surface area contributed by atoms with Gasteiger partial charge in [-0.25, -0.2) is 9.78 Å². The average Bonchev–Trinajstić information content (AvgIpc) is 2.82. The van der Waals surface area contributed by atoms with E-state index < -0.39 is 0 Å². The summed E-state index contributed by atoms with van der Waals surface area (Å²) in [5.74, 6) is 0.548. The van der Waals surface area contributed by atoms with Crippen LogP contribution in [0.3, 0.4) is 0 Å². The third-order valence-electron chi connectivity index (χ3n) is 5.93. The molecule has 9 heteroatoms. The summed E-state index contributed by atoms with van der Waals surface area (Å²) in [5, 5.41) is 10.3. The molecule has 0 radical (unpaired) electrons. The fraction of sp³-hybridized carbons (Fsp3) is 0.455. The van der Waals surface area contributed by atoms with E-state index in [1.807, 2.05) is 28.1 Å². The summed E-state index contributed by atoms with van der Waals surface area (Å²) in [6, 6.07) is 5.62. The minimum atomic E-state index is 0.147. The number of amides is 2. The van der Waals surface area contributed by atoms with Crippen molar-refractivity contribution in [3.05, 3.63) is 41.3 Å². The number of fused-ring (bicyclic) bond motifs is 1. The van der Waals surface area contributed by atoms with Crippen molar-refractivity contribution in [2.75, 3.05) is 45.9 Å². The highest BCUT2D eigenvalue weighted by Gasteiger charge is 2.27. The van der Waals surface area contributed by atoms with E-state index in [1.54, 1.807) is 12.3 Å². The number of nitrogens with two attached hydrogens (primary N) is 1. The van der Waals surface area contributed by atoms with Crippen molar-refractivity contribution in [1.29, 1.82) is 5.41 Å². The van der Waals surface area contributed by atoms with Crippen LogP contribution in [-0.4, -0.2) is 78.0 Å². The van der Waals surface area contributed by atoms with Crippen molar-refractivity contribution in [2.45, 2.75) is 12.8 Å². The molecule has 2 aromatic heterocycles. The van der Waals surface area contributed by atoms with Gasteiger partial charge in [0.05, 0.1) is 36.4 Å². The van der Waals surface area contributed by atoms with E-state index in [9.17, 15) is 4.79 Å². The highest BCUT2D eigenvalue weighted by atomic mass is 35.5. The lowest BCUT2D eigenvalue weighted by Crippen LogP contribution is -2.80. The number of likely N-dealkylation sites (tertiary alicyclic amines) is 1. The monoisotopic (exact) mass is 443 g/mol. The molecule has 2 saturated heterocycles. The number of carbonyl (C=O) groups is 1. The lowest BCUT2D eigenvalue weighted by Gasteiger charge is -2.36. The molecule has 2 aromatic rings. The fourth-order valence-corrected chi connectivity index (χ4v) is 4.22. The van der Waals surface area contributed by atoms with Gasteiger partial charge in [0.2, 0.25) is 0 Å². The van der Waals surface area contributed by atoms with E-state index in [4.69, 9.17) is 21.7 Å². The maximum absolute atomic E-state index is 12.6. The third kappa shape index (κ3) is 5.39. The van der Waals surface area contributed by atoms with Gasteiger partial charge < -0.3 is 25.3 Å². The van der Waals surface area contributed by atoms with Crippen LogP contribution in [-0.2, 0) is 4.74 Å². The molecule has 0 bridgehead atoms. The number of nitrogens with zero attached hydrogens (tertiary/aromatic N) is 4. The minimum Gasteiger partial charge on any atom is -0.378 e. The number of nitrogens with one attached hydrogen (secondary N) is 1. The van der Waals surface area contributed by atoms with Gasteiger partial charge in [-0.3, -0.25) is 4.98 Å². The molecule has 4 rings (SSSR count). The summed E-state index contributed by atoms with van der Waals surface area (Å²) in [6.07, 6.45) is 7.08. The summed E-state index contributed by atoms with van der Waals surface area (Å²) in [5.41, 5.74) is 3.13. The van der Waals surface area contributed by atoms with Crippen LogP contribution in [0, 0.1) is 11.3 Å². The molecule has 8 nitrogen and oxygen atoms in total. The van der Waals surface area contributed by atoms with E-state index in [1.165, 1.54) is 6.21 Å². The first-order valence-corrected chi connectivity index (χ1v) is 11.1. The van der Waals surface area contributed by atoms with Crippen molar-refractivity contribution in [2.24, 2.45) is 5.92 Å². The molecular formula is C22H28ClN6O2+. The van der Waals surface area contributed by atoms with Crippen LogP contribution >= 0.6 is 11.6 Å². The average molecular weight is 444 g/mol. The molecule has 2 aliphatic heterocycles. The number of morpholine rings is 1. The summed E-state index contributed by atoms with van der Waals surface area (Å²) < 4.78 is 5.33. The van der Waals surface area contributed by atoms with E-state index in [0.29, 0.717) is 37.4 Å². The normalized spacial score (nSPS) is 18.4. The maximum atomic E-state index is 12.6. The smallest absolute Gasteiger partial charge is 0.320 e. The highest BCUT2D eigenvalue weighted by Crippen LogP contribution is 2.19. The van der Waals surface area contributed by atoms with Gasteiger partial charge in [0.15, 0.2) is 0 Å². The number of quaternary nitrogens is 1. The Morgan fingerprint density at radius 3 is 2.68 bits per heavy atom. The van der Waals surface area contributed by atoms with Gasteiger partial charge in [-0.05, 0) is 31.0 Å². The Hall–Kier alpha value is -2.55. The van der Waals surface area contributed by atoms with Crippen molar-refractivity contribution < 1.29 is 14.8 Å². The first-order chi connectivity index (χ1) is 15.1. The summed E-state index contributed by atoms with van der Waals surface area (Å²) in [7, 11) is 0. The van der Waals surface area contributed by atoms with Crippen molar-refractivity contribution >= 4 is 40.5 Å². The SMILES string of the molecule is N=CC(=C[NH2+]CC1CCN(C(=O)N2CCOCC2)CC1)c1cnc2ccc(Cl)nc2c1. The van der Waals surface area contributed by atoms with Gasteiger partial charge in [0.1, 0.15) is 11.4 Å². The van der Waals surface area contributed by atoms with Crippen molar-refractivity contribution in [3.8, 4) is 0 Å². The molecule has 0 unspecified atom stereocenters. The number of aromatic nitrogens is 2. The maximum Gasteiger partial charge on any atom is 0.320 e. The quantitative estimate of drug-likeness (QED) is 0.545. The molecule has 2 aliphatic rings. The summed E-state index contributed by atoms with van der Waals surface area (Å²) >= 11 is 5.99. The molecule has 2 amide bonds. The first kappa shape index (κ1) is 21.7. The number of pyridine rings is 2. The molecule has 4 heterocycles. The topological polar surface area (TPSA) is 99.0 Å². The van der Waals surface area contributed by atoms with Gasteiger partial charge in [0, 0.05) is 50.1 Å². The lowest BCUT2D eigenvalue weighted by atomic mass is 9.97. The van der Waals surface area contributed by atoms with Gasteiger partial charge in [-0.15, -0.1) is 0 Å². The standard InChI is InChI=1S/C22H27ClN6O2/c23-21-2-1-19-20(27-21)11-17(15-26-19)18(12-24)14-25-13-16-3-5-28(6-4-16)22(30)29-7-9-31-10-8-29/h1-2,11-12,14-16,24-25H,3-10,13H2/p+1. The van der Waals surface area contributed by atoms with E-state index in [-0.39, 0.29) is 6.03 Å². The predicted molar refractivity (Wildman–Crippen MR) is 120 cm³/mol. The Balaban J connectivity index is 1.30. The largest absolute Gasteiger partial charge is 0.378 e. The molecular weight excluding hydrogens is 416 g/mol. The zero-order valence-electron chi connectivity index (χ0n) is 17.5. The molecule has 3 N–H and O–H groups in total. The second kappa shape index (κ2) is 10.2. The van der Waals surface area contributed by atoms with Gasteiger partial charge in [0.25, 0.3) is 0 Å². The minimum absolute atomic E-state index is 0.147. The van der Waals surface area contributed by atoms with Crippen LogP contribution < -0.4 is 5.32 Å². The number of piperidine rings is 1. The van der Waals surface area contributed by atoms with E-state index in [2.05, 4.69) is 15.3 Å². The van der Waals surface area contributed by atoms with E-state index in [0.717, 1.165) is 54.6 Å². The van der Waals surface area contributed by atoms with Crippen LogP contribution in [0.2, 0.25) is 5.15 Å². The Morgan fingerprint density at radius 1 is 1.19 bits per heavy atom. The molecule has 0 spiro atoms. The second-order valence-electron chi connectivity index (χ2n) is 7.95. The van der Waals surface area contributed by atoms with Gasteiger partial charge in [-0.1, -0.05) is 11.6 Å². The van der Waals surface area contributed by atoms with Crippen LogP contribution in [0.4, 0.5) is 4.79 Å². The zero-order valence-corrected chi connectivity index (χ0v) is 18.2. The fourth-order valence-electron chi connectivity index (χ4n) is 4.07. The number of halogens is 1. The number of carbonyl (C=O) groups excluding carboxylic acids is 1. The molecule has 0 saturated carbocycles. The summed E-state index contributed by atoms with van der Waals surface area (Å²) in [6.45, 7) is 5.18. The molecule has 0 aliphatic carbocycles. The number of hydrogen-bond acceptors (Lipinski definition) is 5. The molecule has 2 fully saturated rings. The molecule has 0 aromatic carbocycles. The van der Waals surface area contributed by atoms with Crippen LogP contribution in [0.15, 0.2) is 30.6 Å². The number of rotatable bonds is 5. The second-order valence-corrected chi connectivity index (χ2v) is 8.33. The number of urea groups is 1.